The molecular weight excluding hydrogens is 162 g/mol. The van der Waals surface area contributed by atoms with Crippen LogP contribution in [0.25, 0.3) is 0 Å². The molecule has 0 atom stereocenters. The van der Waals surface area contributed by atoms with E-state index in [1.165, 1.54) is 6.32 Å². The van der Waals surface area contributed by atoms with Gasteiger partial charge in [-0.15, -0.1) is 0 Å². The lowest BCUT2D eigenvalue weighted by Crippen LogP contribution is -1.59. The summed E-state index contributed by atoms with van der Waals surface area (Å²) in [5.41, 5.74) is 0. The fourth-order valence-corrected chi connectivity index (χ4v) is 0. The first kappa shape index (κ1) is 4.79. The maximum atomic E-state index is 2.23. The van der Waals surface area contributed by atoms with Crippen LogP contribution >= 0.6 is 22.4 Å². The maximum absolute atomic E-state index is 2.23. The van der Waals surface area contributed by atoms with Crippen molar-refractivity contribution >= 4 is 27.5 Å². The Labute approximate surface area is 41.1 Å². The second-order valence-electron chi connectivity index (χ2n) is 0.563. The summed E-state index contributed by atoms with van der Waals surface area (Å²) in [6, 6.07) is 0. The van der Waals surface area contributed by atoms with Crippen molar-refractivity contribution in [2.45, 2.75) is 13.2 Å². The van der Waals surface area contributed by atoms with Gasteiger partial charge in [-0.1, -0.05) is 13.2 Å². The van der Waals surface area contributed by atoms with Gasteiger partial charge in [-0.2, -0.15) is 22.4 Å². The Morgan fingerprint density at radius 1 is 2.00 bits per heavy atom. The lowest BCUT2D eigenvalue weighted by atomic mass is 10.1. The van der Waals surface area contributed by atoms with E-state index in [0.717, 1.165) is 0 Å². The van der Waals surface area contributed by atoms with Crippen LogP contribution in [-0.2, 0) is 0 Å². The smallest absolute Gasteiger partial charge is 0.159 e. The van der Waals surface area contributed by atoms with Crippen molar-refractivity contribution in [2.24, 2.45) is 0 Å². The first-order chi connectivity index (χ1) is 1.91. The van der Waals surface area contributed by atoms with E-state index in [2.05, 4.69) is 34.4 Å². The predicted molar refractivity (Wildman–Crippen MR) is 30.3 cm³/mol. The number of hydrogen-bond acceptors (Lipinski definition) is 0. The van der Waals surface area contributed by atoms with Gasteiger partial charge in [0.15, 0.2) is 5.14 Å². The summed E-state index contributed by atoms with van der Waals surface area (Å²) >= 11 is 2.23. The van der Waals surface area contributed by atoms with E-state index in [9.17, 15) is 0 Å². The van der Waals surface area contributed by atoms with E-state index < -0.39 is 0 Å². The molecule has 0 spiro atoms. The van der Waals surface area contributed by atoms with Crippen molar-refractivity contribution in [3.8, 4) is 0 Å². The maximum Gasteiger partial charge on any atom is 0.199 e. The molecule has 0 N–H and O–H groups in total. The molecule has 0 aromatic rings. The van der Waals surface area contributed by atoms with E-state index in [4.69, 9.17) is 0 Å². The topological polar surface area (TPSA) is 0 Å². The van der Waals surface area contributed by atoms with Crippen molar-refractivity contribution in [1.29, 1.82) is 0 Å². The molecule has 0 fully saturated rings. The Morgan fingerprint density at radius 2 is 2.25 bits per heavy atom. The number of halogens is 1. The summed E-state index contributed by atoms with van der Waals surface area (Å²) in [6.45, 7) is 2.12. The van der Waals surface area contributed by atoms with Gasteiger partial charge < -0.3 is 0 Å². The highest BCUT2D eigenvalue weighted by Crippen LogP contribution is 1.78. The van der Waals surface area contributed by atoms with Crippen molar-refractivity contribution in [2.75, 3.05) is 0 Å². The molecule has 0 saturated heterocycles. The van der Waals surface area contributed by atoms with E-state index in [0.29, 0.717) is 0 Å². The van der Waals surface area contributed by atoms with Crippen LogP contribution < -0.4 is 0 Å². The fourth-order valence-electron chi connectivity index (χ4n) is 0. The minimum atomic E-state index is 1.18. The minimum absolute atomic E-state index is 1.18. The van der Waals surface area contributed by atoms with E-state index >= 15 is 0 Å². The summed E-state index contributed by atoms with van der Waals surface area (Å²) in [4.78, 5) is 0. The molecule has 0 aliphatic heterocycles. The third kappa shape index (κ3) is 2.79. The normalized spacial score (nSPS) is 6.50. The zero-order valence-corrected chi connectivity index (χ0v) is 4.82. The fraction of sp³-hybridized carbons (Fsp3) is 1.00. The van der Waals surface area contributed by atoms with Crippen molar-refractivity contribution in [3.05, 3.63) is 0 Å². The molecular formula is C2H5BI. The minimum Gasteiger partial charge on any atom is -0.159 e. The van der Waals surface area contributed by atoms with Crippen molar-refractivity contribution < 1.29 is 0 Å². The molecule has 0 heterocycles. The van der Waals surface area contributed by atoms with Gasteiger partial charge >= 0.3 is 0 Å². The largest absolute Gasteiger partial charge is 0.199 e. The Hall–Kier alpha value is 0.795. The third-order valence-corrected chi connectivity index (χ3v) is 1.04. The molecule has 0 unspecified atom stereocenters. The zero-order valence-electron chi connectivity index (χ0n) is 2.66. The molecule has 0 rings (SSSR count). The zero-order chi connectivity index (χ0) is 3.41. The van der Waals surface area contributed by atoms with Crippen LogP contribution in [0.2, 0.25) is 6.32 Å². The molecule has 0 amide bonds. The standard InChI is InChI=1S/C2H5BI/c1-2-3-4/h2H2,1H3. The molecule has 0 saturated carbocycles. The van der Waals surface area contributed by atoms with E-state index in [1.807, 2.05) is 0 Å². The van der Waals surface area contributed by atoms with Crippen LogP contribution in [0.15, 0.2) is 0 Å². The summed E-state index contributed by atoms with van der Waals surface area (Å²) in [5.74, 6) is 0. The van der Waals surface area contributed by atoms with E-state index in [1.54, 1.807) is 0 Å². The van der Waals surface area contributed by atoms with E-state index in [-0.39, 0.29) is 0 Å². The second kappa shape index (κ2) is 3.79. The summed E-state index contributed by atoms with van der Waals surface area (Å²) in [5, 5.41) is 2.09. The predicted octanol–water partition coefficient (Wildman–Crippen LogP) is 1.48. The molecule has 2 heteroatoms. The second-order valence-corrected chi connectivity index (χ2v) is 1.44. The van der Waals surface area contributed by atoms with Gasteiger partial charge in [-0.3, -0.25) is 0 Å². The van der Waals surface area contributed by atoms with Gasteiger partial charge in [0.1, 0.15) is 0 Å². The lowest BCUT2D eigenvalue weighted by Gasteiger charge is -1.61. The molecule has 0 aromatic carbocycles. The first-order valence-electron chi connectivity index (χ1n) is 1.33. The number of rotatable bonds is 1. The molecule has 0 bridgehead atoms. The monoisotopic (exact) mass is 167 g/mol. The average Bonchev–Trinajstić information content (AvgIpc) is 1.37. The summed E-state index contributed by atoms with van der Waals surface area (Å²) in [7, 11) is 0. The molecule has 0 aromatic heterocycles. The summed E-state index contributed by atoms with van der Waals surface area (Å²) < 4.78 is 0. The van der Waals surface area contributed by atoms with Gasteiger partial charge in [0.2, 0.25) is 0 Å². The number of hydrogen-bond donors (Lipinski definition) is 0. The van der Waals surface area contributed by atoms with Gasteiger partial charge in [0.05, 0.1) is 0 Å². The molecule has 4 heavy (non-hydrogen) atoms. The van der Waals surface area contributed by atoms with Gasteiger partial charge in [0, 0.05) is 0 Å². The Balaban J connectivity index is 1.97. The Kier molecular flexibility index (Phi) is 4.55. The molecule has 0 aliphatic carbocycles. The third-order valence-electron chi connectivity index (χ3n) is 0.154. The highest BCUT2D eigenvalue weighted by molar-refractivity contribution is 14.1. The molecule has 0 aliphatic rings. The van der Waals surface area contributed by atoms with Gasteiger partial charge in [0.25, 0.3) is 0 Å². The van der Waals surface area contributed by atoms with Gasteiger partial charge in [-0.05, 0) is 0 Å². The molecule has 23 valence electrons. The van der Waals surface area contributed by atoms with Crippen LogP contribution in [0, 0.1) is 0 Å². The quantitative estimate of drug-likeness (QED) is 0.409. The van der Waals surface area contributed by atoms with Crippen LogP contribution in [0.4, 0.5) is 0 Å². The average molecular weight is 167 g/mol. The molecule has 1 radical (unpaired) electrons. The van der Waals surface area contributed by atoms with Crippen LogP contribution in [0.1, 0.15) is 6.92 Å². The van der Waals surface area contributed by atoms with Crippen LogP contribution in [-0.4, -0.2) is 5.14 Å². The van der Waals surface area contributed by atoms with Gasteiger partial charge in [-0.25, -0.2) is 0 Å². The Bertz CT molecular complexity index is 8.00. The molecule has 0 nitrogen and oxygen atoms in total. The first-order valence-corrected chi connectivity index (χ1v) is 2.58. The van der Waals surface area contributed by atoms with Crippen molar-refractivity contribution in [3.63, 3.8) is 0 Å². The highest BCUT2D eigenvalue weighted by Gasteiger charge is 1.64. The Morgan fingerprint density at radius 3 is 2.25 bits per heavy atom. The SMILES string of the molecule is CC[B]I. The lowest BCUT2D eigenvalue weighted by molar-refractivity contribution is 1.48. The van der Waals surface area contributed by atoms with Crippen molar-refractivity contribution in [1.82, 2.24) is 0 Å². The highest BCUT2D eigenvalue weighted by atomic mass is 127. The summed E-state index contributed by atoms with van der Waals surface area (Å²) in [6.07, 6.45) is 1.18. The van der Waals surface area contributed by atoms with Crippen LogP contribution in [0.5, 0.6) is 0 Å². The van der Waals surface area contributed by atoms with Crippen LogP contribution in [0.3, 0.4) is 0 Å².